The van der Waals surface area contributed by atoms with Gasteiger partial charge in [-0.05, 0) is 35.9 Å². The van der Waals surface area contributed by atoms with Crippen LogP contribution in [0.5, 0.6) is 5.75 Å². The maximum absolute atomic E-state index is 12.9. The molecule has 0 saturated heterocycles. The SMILES string of the molecule is CC1(C)CC(=O)Nc2ccc(S(=O)(=O)Nc3cccc4c3CCO4)cc21. The largest absolute Gasteiger partial charge is 0.493 e. The van der Waals surface area contributed by atoms with Gasteiger partial charge in [0.1, 0.15) is 5.75 Å². The predicted molar refractivity (Wildman–Crippen MR) is 99.2 cm³/mol. The summed E-state index contributed by atoms with van der Waals surface area (Å²) in [6.07, 6.45) is 0.998. The van der Waals surface area contributed by atoms with Gasteiger partial charge in [0.2, 0.25) is 5.91 Å². The van der Waals surface area contributed by atoms with Gasteiger partial charge in [0.05, 0.1) is 17.2 Å². The molecule has 0 atom stereocenters. The van der Waals surface area contributed by atoms with Crippen molar-refractivity contribution in [1.82, 2.24) is 0 Å². The van der Waals surface area contributed by atoms with Gasteiger partial charge in [-0.25, -0.2) is 8.42 Å². The van der Waals surface area contributed by atoms with E-state index in [1.165, 1.54) is 6.07 Å². The fourth-order valence-corrected chi connectivity index (χ4v) is 4.69. The second-order valence-electron chi connectivity index (χ2n) is 7.30. The van der Waals surface area contributed by atoms with Crippen LogP contribution >= 0.6 is 0 Å². The van der Waals surface area contributed by atoms with Crippen LogP contribution in [0.1, 0.15) is 31.4 Å². The summed E-state index contributed by atoms with van der Waals surface area (Å²) >= 11 is 0. The summed E-state index contributed by atoms with van der Waals surface area (Å²) in [5.74, 6) is 0.663. The second-order valence-corrected chi connectivity index (χ2v) is 8.98. The number of carbonyl (C=O) groups excluding carboxylic acids is 1. The lowest BCUT2D eigenvalue weighted by atomic mass is 9.78. The van der Waals surface area contributed by atoms with Crippen molar-refractivity contribution in [3.63, 3.8) is 0 Å². The lowest BCUT2D eigenvalue weighted by Gasteiger charge is -2.32. The van der Waals surface area contributed by atoms with Gasteiger partial charge in [-0.15, -0.1) is 0 Å². The van der Waals surface area contributed by atoms with Crippen molar-refractivity contribution in [1.29, 1.82) is 0 Å². The average molecular weight is 372 g/mol. The van der Waals surface area contributed by atoms with Crippen molar-refractivity contribution in [2.45, 2.75) is 37.0 Å². The molecule has 2 aromatic carbocycles. The van der Waals surface area contributed by atoms with Crippen LogP contribution in [0.3, 0.4) is 0 Å². The van der Waals surface area contributed by atoms with Crippen molar-refractivity contribution < 1.29 is 17.9 Å². The van der Waals surface area contributed by atoms with Gasteiger partial charge in [0, 0.05) is 29.5 Å². The van der Waals surface area contributed by atoms with Gasteiger partial charge in [-0.1, -0.05) is 19.9 Å². The zero-order valence-electron chi connectivity index (χ0n) is 14.6. The molecule has 0 aliphatic carbocycles. The van der Waals surface area contributed by atoms with Crippen LogP contribution in [0, 0.1) is 0 Å². The van der Waals surface area contributed by atoms with Crippen molar-refractivity contribution in [3.05, 3.63) is 47.5 Å². The maximum atomic E-state index is 12.9. The van der Waals surface area contributed by atoms with Crippen molar-refractivity contribution in [2.75, 3.05) is 16.6 Å². The minimum Gasteiger partial charge on any atom is -0.493 e. The lowest BCUT2D eigenvalue weighted by Crippen LogP contribution is -2.32. The number of carbonyl (C=O) groups is 1. The number of sulfonamides is 1. The number of hydrogen-bond acceptors (Lipinski definition) is 4. The van der Waals surface area contributed by atoms with Gasteiger partial charge in [-0.3, -0.25) is 9.52 Å². The molecular weight excluding hydrogens is 352 g/mol. The first kappa shape index (κ1) is 16.9. The molecule has 2 aliphatic heterocycles. The van der Waals surface area contributed by atoms with E-state index < -0.39 is 15.4 Å². The number of amides is 1. The van der Waals surface area contributed by atoms with Crippen LogP contribution in [0.4, 0.5) is 11.4 Å². The van der Waals surface area contributed by atoms with Gasteiger partial charge < -0.3 is 10.1 Å². The van der Waals surface area contributed by atoms with Crippen LogP contribution in [0.15, 0.2) is 41.3 Å². The molecule has 1 amide bonds. The molecule has 0 aromatic heterocycles. The molecule has 7 heteroatoms. The third-order valence-corrected chi connectivity index (χ3v) is 6.26. The third-order valence-electron chi connectivity index (χ3n) is 4.89. The Bertz CT molecular complexity index is 1010. The van der Waals surface area contributed by atoms with E-state index in [0.717, 1.165) is 16.9 Å². The first-order chi connectivity index (χ1) is 12.3. The Morgan fingerprint density at radius 1 is 1.19 bits per heavy atom. The molecular formula is C19H20N2O4S. The van der Waals surface area contributed by atoms with Gasteiger partial charge in [0.25, 0.3) is 10.0 Å². The molecule has 2 heterocycles. The molecule has 2 N–H and O–H groups in total. The van der Waals surface area contributed by atoms with E-state index in [1.807, 2.05) is 19.9 Å². The van der Waals surface area contributed by atoms with Gasteiger partial charge >= 0.3 is 0 Å². The normalized spacial score (nSPS) is 17.7. The zero-order valence-corrected chi connectivity index (χ0v) is 15.4. The molecule has 0 radical (unpaired) electrons. The number of anilines is 2. The Labute approximate surface area is 152 Å². The summed E-state index contributed by atoms with van der Waals surface area (Å²) in [5.41, 5.74) is 2.48. The van der Waals surface area contributed by atoms with Crippen molar-refractivity contribution in [2.24, 2.45) is 0 Å². The highest BCUT2D eigenvalue weighted by Gasteiger charge is 2.33. The maximum Gasteiger partial charge on any atom is 0.261 e. The minimum absolute atomic E-state index is 0.0592. The molecule has 2 aliphatic rings. The Kier molecular flexibility index (Phi) is 3.73. The Balaban J connectivity index is 1.72. The number of fused-ring (bicyclic) bond motifs is 2. The summed E-state index contributed by atoms with van der Waals surface area (Å²) in [5, 5.41) is 2.81. The fourth-order valence-electron chi connectivity index (χ4n) is 3.57. The first-order valence-corrected chi connectivity index (χ1v) is 9.96. The quantitative estimate of drug-likeness (QED) is 0.867. The summed E-state index contributed by atoms with van der Waals surface area (Å²) in [6, 6.07) is 10.2. The Morgan fingerprint density at radius 2 is 2.00 bits per heavy atom. The Morgan fingerprint density at radius 3 is 2.81 bits per heavy atom. The summed E-state index contributed by atoms with van der Waals surface area (Å²) in [7, 11) is -3.75. The molecule has 4 rings (SSSR count). The topological polar surface area (TPSA) is 84.5 Å². The second kappa shape index (κ2) is 5.74. The standard InChI is InChI=1S/C19H20N2O4S/c1-19(2)11-18(22)20-16-7-6-12(10-14(16)19)26(23,24)21-15-4-3-5-17-13(15)8-9-25-17/h3-7,10,21H,8-9,11H2,1-2H3,(H,20,22). The van der Waals surface area contributed by atoms with E-state index in [9.17, 15) is 13.2 Å². The molecule has 136 valence electrons. The number of rotatable bonds is 3. The monoisotopic (exact) mass is 372 g/mol. The summed E-state index contributed by atoms with van der Waals surface area (Å²) in [6.45, 7) is 4.44. The summed E-state index contributed by atoms with van der Waals surface area (Å²) < 4.78 is 34.0. The zero-order chi connectivity index (χ0) is 18.5. The summed E-state index contributed by atoms with van der Waals surface area (Å²) in [4.78, 5) is 12.0. The average Bonchev–Trinajstić information content (AvgIpc) is 3.03. The smallest absolute Gasteiger partial charge is 0.261 e. The predicted octanol–water partition coefficient (Wildman–Crippen LogP) is 3.04. The fraction of sp³-hybridized carbons (Fsp3) is 0.316. The molecule has 0 fully saturated rings. The Hall–Kier alpha value is -2.54. The van der Waals surface area contributed by atoms with Crippen LogP contribution < -0.4 is 14.8 Å². The van der Waals surface area contributed by atoms with Gasteiger partial charge in [0.15, 0.2) is 0 Å². The van der Waals surface area contributed by atoms with E-state index in [-0.39, 0.29) is 10.8 Å². The van der Waals surface area contributed by atoms with Crippen LogP contribution in [-0.2, 0) is 26.7 Å². The number of nitrogens with one attached hydrogen (secondary N) is 2. The van der Waals surface area contributed by atoms with Crippen LogP contribution in [0.2, 0.25) is 0 Å². The lowest BCUT2D eigenvalue weighted by molar-refractivity contribution is -0.117. The van der Waals surface area contributed by atoms with Crippen molar-refractivity contribution in [3.8, 4) is 5.75 Å². The highest BCUT2D eigenvalue weighted by Crippen LogP contribution is 2.39. The number of benzene rings is 2. The number of ether oxygens (including phenoxy) is 1. The highest BCUT2D eigenvalue weighted by atomic mass is 32.2. The third kappa shape index (κ3) is 2.82. The molecule has 2 aromatic rings. The van der Waals surface area contributed by atoms with E-state index >= 15 is 0 Å². The molecule has 0 saturated carbocycles. The van der Waals surface area contributed by atoms with Gasteiger partial charge in [-0.2, -0.15) is 0 Å². The molecule has 0 spiro atoms. The van der Waals surface area contributed by atoms with E-state index in [4.69, 9.17) is 4.74 Å². The molecule has 26 heavy (non-hydrogen) atoms. The molecule has 6 nitrogen and oxygen atoms in total. The van der Waals surface area contributed by atoms with E-state index in [0.29, 0.717) is 30.8 Å². The highest BCUT2D eigenvalue weighted by molar-refractivity contribution is 7.92. The molecule has 0 unspecified atom stereocenters. The first-order valence-electron chi connectivity index (χ1n) is 8.48. The molecule has 0 bridgehead atoms. The minimum atomic E-state index is -3.75. The van der Waals surface area contributed by atoms with Crippen LogP contribution in [-0.4, -0.2) is 20.9 Å². The van der Waals surface area contributed by atoms with Crippen molar-refractivity contribution >= 4 is 27.3 Å². The number of hydrogen-bond donors (Lipinski definition) is 2. The van der Waals surface area contributed by atoms with E-state index in [2.05, 4.69) is 10.0 Å². The van der Waals surface area contributed by atoms with Crippen LogP contribution in [0.25, 0.3) is 0 Å². The van der Waals surface area contributed by atoms with E-state index in [1.54, 1.807) is 24.3 Å².